The molecular formula is C16H23N3O3. The van der Waals surface area contributed by atoms with Crippen LogP contribution < -0.4 is 10.6 Å². The zero-order chi connectivity index (χ0) is 15.9. The fourth-order valence-electron chi connectivity index (χ4n) is 2.82. The molecule has 0 bridgehead atoms. The zero-order valence-electron chi connectivity index (χ0n) is 12.8. The molecule has 2 amide bonds. The highest BCUT2D eigenvalue weighted by Gasteiger charge is 2.26. The predicted molar refractivity (Wildman–Crippen MR) is 82.5 cm³/mol. The maximum absolute atomic E-state index is 12.0. The number of nitrogens with one attached hydrogen (secondary N) is 2. The van der Waals surface area contributed by atoms with Crippen molar-refractivity contribution >= 4 is 12.0 Å². The number of urea groups is 1. The van der Waals surface area contributed by atoms with Crippen molar-refractivity contribution in [3.8, 4) is 0 Å². The molecule has 120 valence electrons. The van der Waals surface area contributed by atoms with Crippen LogP contribution in [0.1, 0.15) is 38.3 Å². The van der Waals surface area contributed by atoms with Gasteiger partial charge in [-0.1, -0.05) is 6.07 Å². The van der Waals surface area contributed by atoms with Crippen LogP contribution in [0, 0.1) is 5.92 Å². The standard InChI is InChI=1S/C16H23N3O3/c1-11(10-14-4-2-3-9-17-14)18-16(22)19-13-7-5-12(6-8-13)15(20)21/h2-4,9,11-13H,5-8,10H2,1H3,(H,20,21)(H2,18,19,22). The number of aliphatic carboxylic acids is 1. The Hall–Kier alpha value is -2.11. The van der Waals surface area contributed by atoms with Crippen molar-refractivity contribution in [2.45, 2.75) is 51.1 Å². The number of nitrogens with zero attached hydrogens (tertiary/aromatic N) is 1. The van der Waals surface area contributed by atoms with E-state index in [1.54, 1.807) is 6.20 Å². The number of hydrogen-bond donors (Lipinski definition) is 3. The first-order valence-corrected chi connectivity index (χ1v) is 7.74. The van der Waals surface area contributed by atoms with Crippen molar-refractivity contribution in [2.75, 3.05) is 0 Å². The molecule has 1 heterocycles. The molecule has 0 spiro atoms. The number of hydrogen-bond acceptors (Lipinski definition) is 3. The number of carboxylic acid groups (broad SMARTS) is 1. The first-order chi connectivity index (χ1) is 10.5. The van der Waals surface area contributed by atoms with Gasteiger partial charge in [0.2, 0.25) is 0 Å². The molecule has 1 aromatic heterocycles. The highest BCUT2D eigenvalue weighted by molar-refractivity contribution is 5.74. The summed E-state index contributed by atoms with van der Waals surface area (Å²) in [4.78, 5) is 27.1. The summed E-state index contributed by atoms with van der Waals surface area (Å²) in [7, 11) is 0. The summed E-state index contributed by atoms with van der Waals surface area (Å²) in [5.74, 6) is -0.990. The molecule has 22 heavy (non-hydrogen) atoms. The lowest BCUT2D eigenvalue weighted by Gasteiger charge is -2.27. The summed E-state index contributed by atoms with van der Waals surface area (Å²) in [6.07, 6.45) is 5.12. The van der Waals surface area contributed by atoms with Crippen molar-refractivity contribution in [2.24, 2.45) is 5.92 Å². The minimum absolute atomic E-state index is 0.00902. The van der Waals surface area contributed by atoms with E-state index in [-0.39, 0.29) is 24.0 Å². The Labute approximate surface area is 130 Å². The van der Waals surface area contributed by atoms with Crippen LogP contribution in [0.15, 0.2) is 24.4 Å². The highest BCUT2D eigenvalue weighted by Crippen LogP contribution is 2.24. The summed E-state index contributed by atoms with van der Waals surface area (Å²) in [5, 5.41) is 14.8. The lowest BCUT2D eigenvalue weighted by atomic mass is 9.86. The fraction of sp³-hybridized carbons (Fsp3) is 0.562. The van der Waals surface area contributed by atoms with E-state index in [0.29, 0.717) is 19.3 Å². The van der Waals surface area contributed by atoms with E-state index >= 15 is 0 Å². The zero-order valence-corrected chi connectivity index (χ0v) is 12.8. The number of carboxylic acids is 1. The Morgan fingerprint density at radius 2 is 2.05 bits per heavy atom. The molecule has 1 unspecified atom stereocenters. The van der Waals surface area contributed by atoms with Crippen molar-refractivity contribution in [1.29, 1.82) is 0 Å². The third-order valence-electron chi connectivity index (χ3n) is 4.03. The molecule has 0 aromatic carbocycles. The van der Waals surface area contributed by atoms with Crippen LogP contribution in [0.4, 0.5) is 4.79 Å². The van der Waals surface area contributed by atoms with Gasteiger partial charge in [0.25, 0.3) is 0 Å². The van der Waals surface area contributed by atoms with Crippen LogP contribution in [0.2, 0.25) is 0 Å². The van der Waals surface area contributed by atoms with Crippen molar-refractivity contribution in [3.63, 3.8) is 0 Å². The quantitative estimate of drug-likeness (QED) is 0.775. The number of pyridine rings is 1. The Balaban J connectivity index is 1.71. The van der Waals surface area contributed by atoms with Crippen molar-refractivity contribution in [1.82, 2.24) is 15.6 Å². The highest BCUT2D eigenvalue weighted by atomic mass is 16.4. The molecule has 1 saturated carbocycles. The first-order valence-electron chi connectivity index (χ1n) is 7.74. The number of carbonyl (C=O) groups excluding carboxylic acids is 1. The van der Waals surface area contributed by atoms with Crippen LogP contribution in [0.25, 0.3) is 0 Å². The monoisotopic (exact) mass is 305 g/mol. The van der Waals surface area contributed by atoms with Crippen LogP contribution in [0.3, 0.4) is 0 Å². The van der Waals surface area contributed by atoms with Gasteiger partial charge in [-0.15, -0.1) is 0 Å². The Kier molecular flexibility index (Phi) is 5.75. The molecule has 0 aliphatic heterocycles. The predicted octanol–water partition coefficient (Wildman–Crippen LogP) is 1.96. The van der Waals surface area contributed by atoms with Crippen molar-refractivity contribution in [3.05, 3.63) is 30.1 Å². The van der Waals surface area contributed by atoms with Gasteiger partial charge in [0.05, 0.1) is 5.92 Å². The summed E-state index contributed by atoms with van der Waals surface area (Å²) in [6, 6.07) is 5.59. The van der Waals surface area contributed by atoms with Crippen LogP contribution in [-0.2, 0) is 11.2 Å². The molecule has 0 radical (unpaired) electrons. The second kappa shape index (κ2) is 7.77. The molecule has 3 N–H and O–H groups in total. The second-order valence-electron chi connectivity index (χ2n) is 5.93. The van der Waals surface area contributed by atoms with Gasteiger partial charge in [0.15, 0.2) is 0 Å². The van der Waals surface area contributed by atoms with Crippen LogP contribution in [0.5, 0.6) is 0 Å². The molecule has 1 aliphatic rings. The molecule has 1 aliphatic carbocycles. The minimum atomic E-state index is -0.730. The Morgan fingerprint density at radius 3 is 2.64 bits per heavy atom. The average Bonchev–Trinajstić information content (AvgIpc) is 2.48. The molecule has 6 heteroatoms. The van der Waals surface area contributed by atoms with Crippen molar-refractivity contribution < 1.29 is 14.7 Å². The van der Waals surface area contributed by atoms with Gasteiger partial charge in [-0.05, 0) is 44.7 Å². The van der Waals surface area contributed by atoms with Crippen LogP contribution >= 0.6 is 0 Å². The van der Waals surface area contributed by atoms with Gasteiger partial charge in [0.1, 0.15) is 0 Å². The third kappa shape index (κ3) is 5.02. The van der Waals surface area contributed by atoms with Gasteiger partial charge in [-0.3, -0.25) is 9.78 Å². The number of aromatic nitrogens is 1. The average molecular weight is 305 g/mol. The van der Waals surface area contributed by atoms with E-state index in [4.69, 9.17) is 5.11 Å². The summed E-state index contributed by atoms with van der Waals surface area (Å²) in [5.41, 5.74) is 0.942. The third-order valence-corrected chi connectivity index (χ3v) is 4.03. The van der Waals surface area contributed by atoms with E-state index in [0.717, 1.165) is 18.5 Å². The van der Waals surface area contributed by atoms with E-state index in [2.05, 4.69) is 15.6 Å². The molecule has 2 rings (SSSR count). The summed E-state index contributed by atoms with van der Waals surface area (Å²) >= 11 is 0. The maximum atomic E-state index is 12.0. The fourth-order valence-corrected chi connectivity index (χ4v) is 2.82. The summed E-state index contributed by atoms with van der Waals surface area (Å²) < 4.78 is 0. The Bertz CT molecular complexity index is 499. The molecular weight excluding hydrogens is 282 g/mol. The van der Waals surface area contributed by atoms with Gasteiger partial charge in [-0.25, -0.2) is 4.79 Å². The summed E-state index contributed by atoms with van der Waals surface area (Å²) in [6.45, 7) is 1.94. The smallest absolute Gasteiger partial charge is 0.315 e. The maximum Gasteiger partial charge on any atom is 0.315 e. The molecule has 1 atom stereocenters. The molecule has 1 fully saturated rings. The van der Waals surface area contributed by atoms with E-state index < -0.39 is 5.97 Å². The SMILES string of the molecule is CC(Cc1ccccn1)NC(=O)NC1CCC(C(=O)O)CC1. The minimum Gasteiger partial charge on any atom is -0.481 e. The normalized spacial score (nSPS) is 22.6. The lowest BCUT2D eigenvalue weighted by Crippen LogP contribution is -2.47. The molecule has 6 nitrogen and oxygen atoms in total. The molecule has 1 aromatic rings. The van der Waals surface area contributed by atoms with Gasteiger partial charge in [-0.2, -0.15) is 0 Å². The topological polar surface area (TPSA) is 91.3 Å². The Morgan fingerprint density at radius 1 is 1.32 bits per heavy atom. The van der Waals surface area contributed by atoms with E-state index in [1.165, 1.54) is 0 Å². The largest absolute Gasteiger partial charge is 0.481 e. The second-order valence-corrected chi connectivity index (χ2v) is 5.93. The van der Waals surface area contributed by atoms with Gasteiger partial charge in [0, 0.05) is 30.4 Å². The molecule has 0 saturated heterocycles. The van der Waals surface area contributed by atoms with E-state index in [9.17, 15) is 9.59 Å². The first kappa shape index (κ1) is 16.3. The van der Waals surface area contributed by atoms with Gasteiger partial charge < -0.3 is 15.7 Å². The van der Waals surface area contributed by atoms with Gasteiger partial charge >= 0.3 is 12.0 Å². The van der Waals surface area contributed by atoms with Crippen LogP contribution in [-0.4, -0.2) is 34.2 Å². The lowest BCUT2D eigenvalue weighted by molar-refractivity contribution is -0.142. The number of amides is 2. The number of carbonyl (C=O) groups is 2. The van der Waals surface area contributed by atoms with E-state index in [1.807, 2.05) is 25.1 Å². The number of rotatable bonds is 5.